The molecule has 2 nitrogen and oxygen atoms in total. The van der Waals surface area contributed by atoms with Crippen LogP contribution in [-0.2, 0) is 0 Å². The fourth-order valence-corrected chi connectivity index (χ4v) is 8.87. The third kappa shape index (κ3) is 3.61. The number of thioether (sulfide) groups is 1. The summed E-state index contributed by atoms with van der Waals surface area (Å²) in [5.74, 6) is 0.355. The fourth-order valence-electron chi connectivity index (χ4n) is 6.49. The summed E-state index contributed by atoms with van der Waals surface area (Å²) in [6.45, 7) is 0. The van der Waals surface area contributed by atoms with Crippen molar-refractivity contribution in [1.29, 1.82) is 0 Å². The molecule has 5 aromatic carbocycles. The molecule has 2 aliphatic rings. The second kappa shape index (κ2) is 9.07. The zero-order valence-electron chi connectivity index (χ0n) is 22.1. The van der Waals surface area contributed by atoms with E-state index in [1.54, 1.807) is 11.3 Å². The van der Waals surface area contributed by atoms with Gasteiger partial charge in [0.15, 0.2) is 0 Å². The number of hydrogen-bond donors (Lipinski definition) is 0. The van der Waals surface area contributed by atoms with E-state index < -0.39 is 0 Å². The Hall–Kier alpha value is -4.38. The van der Waals surface area contributed by atoms with Gasteiger partial charge >= 0.3 is 0 Å². The summed E-state index contributed by atoms with van der Waals surface area (Å²) in [4.78, 5) is 7.89. The summed E-state index contributed by atoms with van der Waals surface area (Å²) in [5, 5.41) is 4.12. The summed E-state index contributed by atoms with van der Waals surface area (Å²) < 4.78 is 2.36. The van der Waals surface area contributed by atoms with Gasteiger partial charge in [-0.25, -0.2) is 4.98 Å². The first-order valence-electron chi connectivity index (χ1n) is 14.0. The van der Waals surface area contributed by atoms with Crippen molar-refractivity contribution in [3.05, 3.63) is 144 Å². The van der Waals surface area contributed by atoms with E-state index in [-0.39, 0.29) is 0 Å². The summed E-state index contributed by atoms with van der Waals surface area (Å²) in [6.07, 6.45) is 4.65. The maximum Gasteiger partial charge on any atom is 0.124 e. The molecule has 0 saturated heterocycles. The number of thiazole rings is 1. The van der Waals surface area contributed by atoms with Gasteiger partial charge in [0.1, 0.15) is 5.01 Å². The van der Waals surface area contributed by atoms with E-state index in [1.807, 2.05) is 11.8 Å². The van der Waals surface area contributed by atoms with Crippen LogP contribution >= 0.6 is 23.1 Å². The third-order valence-corrected chi connectivity index (χ3v) is 10.8. The smallest absolute Gasteiger partial charge is 0.124 e. The van der Waals surface area contributed by atoms with E-state index in [9.17, 15) is 0 Å². The van der Waals surface area contributed by atoms with Crippen molar-refractivity contribution in [2.45, 2.75) is 16.1 Å². The first-order valence-corrected chi connectivity index (χ1v) is 15.7. The van der Waals surface area contributed by atoms with Crippen molar-refractivity contribution in [3.63, 3.8) is 0 Å². The summed E-state index contributed by atoms with van der Waals surface area (Å²) in [6, 6.07) is 43.9. The minimum absolute atomic E-state index is 0.355. The number of fused-ring (bicyclic) bond motifs is 8. The molecule has 4 heteroatoms. The highest BCUT2D eigenvalue weighted by atomic mass is 32.2. The maximum absolute atomic E-state index is 5.21. The molecule has 1 aliphatic carbocycles. The van der Waals surface area contributed by atoms with E-state index in [4.69, 9.17) is 4.98 Å². The molecule has 9 rings (SSSR count). The van der Waals surface area contributed by atoms with Gasteiger partial charge in [-0.3, -0.25) is 0 Å². The van der Waals surface area contributed by atoms with E-state index in [1.165, 1.54) is 65.2 Å². The first kappa shape index (κ1) is 23.3. The van der Waals surface area contributed by atoms with Gasteiger partial charge in [0.2, 0.25) is 0 Å². The van der Waals surface area contributed by atoms with Crippen molar-refractivity contribution in [2.75, 3.05) is 0 Å². The molecule has 0 spiro atoms. The zero-order valence-corrected chi connectivity index (χ0v) is 23.7. The Labute approximate surface area is 246 Å². The fraction of sp³-hybridized carbons (Fsp3) is 0.0541. The SMILES string of the molecule is C1=CC2Sc3ccccc3C2c2nc(-c3ccc(-c4ccc(-n5c6ccccc6c6ccccc65)cc4)cc3)sc21. The molecule has 0 saturated carbocycles. The lowest BCUT2D eigenvalue weighted by Crippen LogP contribution is -2.13. The topological polar surface area (TPSA) is 17.8 Å². The Kier molecular flexibility index (Phi) is 5.16. The highest BCUT2D eigenvalue weighted by Crippen LogP contribution is 2.53. The number of benzene rings is 5. The number of para-hydroxylation sites is 2. The minimum atomic E-state index is 0.355. The molecule has 0 radical (unpaired) electrons. The van der Waals surface area contributed by atoms with Gasteiger partial charge < -0.3 is 4.57 Å². The van der Waals surface area contributed by atoms with Crippen LogP contribution in [0.1, 0.15) is 22.1 Å². The molecular formula is C37H24N2S2. The Morgan fingerprint density at radius 3 is 1.95 bits per heavy atom. The first-order chi connectivity index (χ1) is 20.3. The molecule has 194 valence electrons. The predicted molar refractivity (Wildman–Crippen MR) is 174 cm³/mol. The highest BCUT2D eigenvalue weighted by Gasteiger charge is 2.38. The van der Waals surface area contributed by atoms with Crippen molar-refractivity contribution in [3.8, 4) is 27.4 Å². The molecule has 41 heavy (non-hydrogen) atoms. The quantitative estimate of drug-likeness (QED) is 0.214. The third-order valence-electron chi connectivity index (χ3n) is 8.43. The normalized spacial score (nSPS) is 17.1. The average Bonchev–Trinajstić information content (AvgIpc) is 3.73. The molecule has 2 atom stereocenters. The minimum Gasteiger partial charge on any atom is -0.309 e. The van der Waals surface area contributed by atoms with Crippen LogP contribution in [0.2, 0.25) is 0 Å². The van der Waals surface area contributed by atoms with Crippen molar-refractivity contribution in [1.82, 2.24) is 9.55 Å². The highest BCUT2D eigenvalue weighted by molar-refractivity contribution is 8.00. The van der Waals surface area contributed by atoms with Gasteiger partial charge in [-0.2, -0.15) is 0 Å². The molecule has 0 fully saturated rings. The number of aromatic nitrogens is 2. The van der Waals surface area contributed by atoms with Gasteiger partial charge in [0.25, 0.3) is 0 Å². The van der Waals surface area contributed by atoms with Crippen LogP contribution in [0, 0.1) is 0 Å². The summed E-state index contributed by atoms with van der Waals surface area (Å²) >= 11 is 3.77. The lowest BCUT2D eigenvalue weighted by molar-refractivity contribution is 0.817. The molecule has 2 unspecified atom stereocenters. The van der Waals surface area contributed by atoms with E-state index >= 15 is 0 Å². The van der Waals surface area contributed by atoms with E-state index in [2.05, 4.69) is 138 Å². The molecule has 3 heterocycles. The Morgan fingerprint density at radius 2 is 1.22 bits per heavy atom. The lowest BCUT2D eigenvalue weighted by atomic mass is 9.89. The van der Waals surface area contributed by atoms with Crippen LogP contribution in [0.4, 0.5) is 0 Å². The largest absolute Gasteiger partial charge is 0.309 e. The van der Waals surface area contributed by atoms with Gasteiger partial charge in [-0.1, -0.05) is 97.1 Å². The molecule has 2 aromatic heterocycles. The second-order valence-corrected chi connectivity index (χ2v) is 13.0. The van der Waals surface area contributed by atoms with Gasteiger partial charge in [-0.15, -0.1) is 23.1 Å². The van der Waals surface area contributed by atoms with Gasteiger partial charge in [0.05, 0.1) is 21.6 Å². The van der Waals surface area contributed by atoms with Crippen molar-refractivity contribution < 1.29 is 0 Å². The average molecular weight is 561 g/mol. The molecule has 7 aromatic rings. The Bertz CT molecular complexity index is 2080. The van der Waals surface area contributed by atoms with Crippen LogP contribution in [-0.4, -0.2) is 14.8 Å². The zero-order chi connectivity index (χ0) is 26.9. The Balaban J connectivity index is 1.03. The number of rotatable bonds is 3. The molecule has 0 bridgehead atoms. The predicted octanol–water partition coefficient (Wildman–Crippen LogP) is 10.2. The molecular weight excluding hydrogens is 537 g/mol. The van der Waals surface area contributed by atoms with Crippen molar-refractivity contribution in [2.24, 2.45) is 0 Å². The number of nitrogens with zero attached hydrogens (tertiary/aromatic N) is 2. The Morgan fingerprint density at radius 1 is 0.610 bits per heavy atom. The van der Waals surface area contributed by atoms with Crippen LogP contribution in [0.3, 0.4) is 0 Å². The molecule has 0 N–H and O–H groups in total. The van der Waals surface area contributed by atoms with E-state index in [0.717, 1.165) is 5.01 Å². The second-order valence-electron chi connectivity index (χ2n) is 10.7. The van der Waals surface area contributed by atoms with Crippen LogP contribution in [0.5, 0.6) is 0 Å². The van der Waals surface area contributed by atoms with E-state index in [0.29, 0.717) is 11.2 Å². The molecule has 0 amide bonds. The maximum atomic E-state index is 5.21. The van der Waals surface area contributed by atoms with Crippen molar-refractivity contribution >= 4 is 51.0 Å². The monoisotopic (exact) mass is 560 g/mol. The standard InChI is InChI=1S/C37H24N2S2/c1-4-10-30-27(7-1)28-8-2-5-11-31(28)39(30)26-19-17-24(18-20-26)23-13-15-25(16-14-23)37-38-36-34(41-37)22-21-33-35(36)29-9-3-6-12-32(29)40-33/h1-22,33,35H. The lowest BCUT2D eigenvalue weighted by Gasteiger charge is -2.19. The summed E-state index contributed by atoms with van der Waals surface area (Å²) in [7, 11) is 0. The van der Waals surface area contributed by atoms with Crippen LogP contribution in [0.25, 0.3) is 55.3 Å². The van der Waals surface area contributed by atoms with Crippen LogP contribution < -0.4 is 0 Å². The van der Waals surface area contributed by atoms with Gasteiger partial charge in [-0.05, 0) is 53.1 Å². The summed E-state index contributed by atoms with van der Waals surface area (Å²) in [5.41, 5.74) is 9.91. The van der Waals surface area contributed by atoms with Gasteiger partial charge in [0, 0.05) is 38.1 Å². The molecule has 1 aliphatic heterocycles. The van der Waals surface area contributed by atoms with Crippen LogP contribution in [0.15, 0.2) is 132 Å². The number of hydrogen-bond acceptors (Lipinski definition) is 3.